The molecule has 2 N–H and O–H groups in total. The number of rotatable bonds is 7. The molecule has 2 rings (SSSR count). The maximum Gasteiger partial charge on any atom is 0.305 e. The number of nitrogens with one attached hydrogen (secondary N) is 1. The van der Waals surface area contributed by atoms with Crippen molar-refractivity contribution in [1.82, 2.24) is 9.88 Å². The van der Waals surface area contributed by atoms with Crippen molar-refractivity contribution in [2.75, 3.05) is 6.54 Å². The zero-order valence-corrected chi connectivity index (χ0v) is 12.3. The number of aliphatic carboxylic acids is 1. The van der Waals surface area contributed by atoms with Crippen LogP contribution in [-0.4, -0.2) is 33.9 Å². The van der Waals surface area contributed by atoms with Crippen LogP contribution in [0.2, 0.25) is 0 Å². The summed E-state index contributed by atoms with van der Waals surface area (Å²) in [5.41, 5.74) is 1.55. The molecule has 1 aromatic carbocycles. The lowest BCUT2D eigenvalue weighted by Gasteiger charge is -2.06. The van der Waals surface area contributed by atoms with Crippen LogP contribution in [0.25, 0.3) is 10.9 Å². The van der Waals surface area contributed by atoms with Crippen molar-refractivity contribution in [2.24, 2.45) is 0 Å². The number of carbonyl (C=O) groups is 3. The van der Waals surface area contributed by atoms with E-state index in [0.29, 0.717) is 12.1 Å². The molecule has 116 valence electrons. The van der Waals surface area contributed by atoms with Gasteiger partial charge in [0.1, 0.15) is 0 Å². The number of carboxylic acid groups (broad SMARTS) is 1. The Labute approximate surface area is 127 Å². The molecule has 22 heavy (non-hydrogen) atoms. The first-order chi connectivity index (χ1) is 10.5. The van der Waals surface area contributed by atoms with Gasteiger partial charge in [-0.25, -0.2) is 0 Å². The minimum atomic E-state index is -0.942. The molecule has 0 saturated heterocycles. The lowest BCUT2D eigenvalue weighted by atomic mass is 10.1. The fourth-order valence-electron chi connectivity index (χ4n) is 2.33. The molecule has 6 heteroatoms. The van der Waals surface area contributed by atoms with Gasteiger partial charge in [-0.2, -0.15) is 0 Å². The van der Waals surface area contributed by atoms with E-state index in [2.05, 4.69) is 5.32 Å². The van der Waals surface area contributed by atoms with Crippen LogP contribution in [-0.2, 0) is 16.1 Å². The first-order valence-corrected chi connectivity index (χ1v) is 7.06. The van der Waals surface area contributed by atoms with E-state index in [1.165, 1.54) is 6.92 Å². The number of hydrogen-bond acceptors (Lipinski definition) is 3. The summed E-state index contributed by atoms with van der Waals surface area (Å²) < 4.78 is 1.88. The SMILES string of the molecule is CC(=O)c1cn(CCC(=O)NCCC(=O)O)c2ccccc12. The average molecular weight is 302 g/mol. The second-order valence-corrected chi connectivity index (χ2v) is 5.05. The van der Waals surface area contributed by atoms with Crippen LogP contribution in [0.5, 0.6) is 0 Å². The third-order valence-electron chi connectivity index (χ3n) is 3.41. The molecule has 0 aliphatic rings. The van der Waals surface area contributed by atoms with E-state index in [0.717, 1.165) is 10.9 Å². The highest BCUT2D eigenvalue weighted by Crippen LogP contribution is 2.22. The Morgan fingerprint density at radius 3 is 2.59 bits per heavy atom. The topological polar surface area (TPSA) is 88.4 Å². The second-order valence-electron chi connectivity index (χ2n) is 5.05. The molecular formula is C16H18N2O4. The number of aryl methyl sites for hydroxylation is 1. The molecule has 2 aromatic rings. The van der Waals surface area contributed by atoms with Crippen molar-refractivity contribution in [2.45, 2.75) is 26.3 Å². The van der Waals surface area contributed by atoms with Gasteiger partial charge < -0.3 is 15.0 Å². The minimum Gasteiger partial charge on any atom is -0.481 e. The maximum absolute atomic E-state index is 11.7. The van der Waals surface area contributed by atoms with Crippen LogP contribution in [0, 0.1) is 0 Å². The van der Waals surface area contributed by atoms with Gasteiger partial charge in [0.2, 0.25) is 5.91 Å². The fourth-order valence-corrected chi connectivity index (χ4v) is 2.33. The monoisotopic (exact) mass is 302 g/mol. The van der Waals surface area contributed by atoms with Crippen LogP contribution in [0.1, 0.15) is 30.1 Å². The fraction of sp³-hybridized carbons (Fsp3) is 0.312. The van der Waals surface area contributed by atoms with Crippen molar-refractivity contribution >= 4 is 28.6 Å². The minimum absolute atomic E-state index is 0.0131. The molecule has 0 saturated carbocycles. The number of Topliss-reactive ketones (excluding diaryl/α,β-unsaturated/α-hetero) is 1. The van der Waals surface area contributed by atoms with E-state index in [1.807, 2.05) is 28.8 Å². The molecule has 0 radical (unpaired) electrons. The largest absolute Gasteiger partial charge is 0.481 e. The summed E-state index contributed by atoms with van der Waals surface area (Å²) in [6.07, 6.45) is 1.90. The number of carbonyl (C=O) groups excluding carboxylic acids is 2. The quantitative estimate of drug-likeness (QED) is 0.764. The van der Waals surface area contributed by atoms with Crippen molar-refractivity contribution in [3.8, 4) is 0 Å². The summed E-state index contributed by atoms with van der Waals surface area (Å²) in [6, 6.07) is 7.55. The van der Waals surface area contributed by atoms with Gasteiger partial charge in [0.05, 0.1) is 6.42 Å². The number of aromatic nitrogens is 1. The maximum atomic E-state index is 11.7. The Bertz CT molecular complexity index is 718. The van der Waals surface area contributed by atoms with Crippen LogP contribution in [0.15, 0.2) is 30.5 Å². The van der Waals surface area contributed by atoms with Crippen LogP contribution >= 0.6 is 0 Å². The molecular weight excluding hydrogens is 284 g/mol. The first kappa shape index (κ1) is 15.8. The summed E-state index contributed by atoms with van der Waals surface area (Å²) in [6.45, 7) is 2.08. The zero-order valence-electron chi connectivity index (χ0n) is 12.3. The predicted octanol–water partition coefficient (Wildman–Crippen LogP) is 1.82. The van der Waals surface area contributed by atoms with E-state index >= 15 is 0 Å². The average Bonchev–Trinajstić information content (AvgIpc) is 2.84. The normalized spacial score (nSPS) is 10.6. The molecule has 0 fully saturated rings. The number of amides is 1. The van der Waals surface area contributed by atoms with Crippen molar-refractivity contribution in [3.05, 3.63) is 36.0 Å². The number of para-hydroxylation sites is 1. The number of fused-ring (bicyclic) bond motifs is 1. The van der Waals surface area contributed by atoms with E-state index < -0.39 is 5.97 Å². The summed E-state index contributed by atoms with van der Waals surface area (Å²) in [5.74, 6) is -1.16. The molecule has 0 atom stereocenters. The van der Waals surface area contributed by atoms with E-state index in [4.69, 9.17) is 5.11 Å². The molecule has 0 aliphatic heterocycles. The Balaban J connectivity index is 2.04. The molecule has 0 spiro atoms. The summed E-state index contributed by atoms with van der Waals surface area (Å²) in [7, 11) is 0. The molecule has 1 amide bonds. The zero-order chi connectivity index (χ0) is 16.1. The Hall–Kier alpha value is -2.63. The predicted molar refractivity (Wildman–Crippen MR) is 81.8 cm³/mol. The Kier molecular flexibility index (Phi) is 4.93. The van der Waals surface area contributed by atoms with Crippen molar-refractivity contribution in [3.63, 3.8) is 0 Å². The summed E-state index contributed by atoms with van der Waals surface area (Å²) >= 11 is 0. The highest BCUT2D eigenvalue weighted by atomic mass is 16.4. The van der Waals surface area contributed by atoms with Gasteiger partial charge in [0.15, 0.2) is 5.78 Å². The Morgan fingerprint density at radius 1 is 1.18 bits per heavy atom. The van der Waals surface area contributed by atoms with E-state index in [9.17, 15) is 14.4 Å². The summed E-state index contributed by atoms with van der Waals surface area (Å²) in [4.78, 5) is 33.7. The molecule has 1 aromatic heterocycles. The second kappa shape index (κ2) is 6.89. The van der Waals surface area contributed by atoms with Crippen LogP contribution in [0.3, 0.4) is 0 Å². The smallest absolute Gasteiger partial charge is 0.305 e. The van der Waals surface area contributed by atoms with Crippen LogP contribution in [0.4, 0.5) is 0 Å². The van der Waals surface area contributed by atoms with Gasteiger partial charge in [-0.3, -0.25) is 14.4 Å². The van der Waals surface area contributed by atoms with Gasteiger partial charge >= 0.3 is 5.97 Å². The van der Waals surface area contributed by atoms with Gasteiger partial charge in [0.25, 0.3) is 0 Å². The third kappa shape index (κ3) is 3.72. The van der Waals surface area contributed by atoms with Crippen LogP contribution < -0.4 is 5.32 Å². The number of carboxylic acids is 1. The van der Waals surface area contributed by atoms with E-state index in [1.54, 1.807) is 6.20 Å². The lowest BCUT2D eigenvalue weighted by Crippen LogP contribution is -2.26. The molecule has 0 bridgehead atoms. The standard InChI is InChI=1S/C16H18N2O4/c1-11(19)13-10-18(14-5-3-2-4-12(13)14)9-7-15(20)17-8-6-16(21)22/h2-5,10H,6-9H2,1H3,(H,17,20)(H,21,22). The molecule has 0 aliphatic carbocycles. The summed E-state index contributed by atoms with van der Waals surface area (Å²) in [5, 5.41) is 12.0. The lowest BCUT2D eigenvalue weighted by molar-refractivity contribution is -0.136. The van der Waals surface area contributed by atoms with Crippen molar-refractivity contribution in [1.29, 1.82) is 0 Å². The van der Waals surface area contributed by atoms with Gasteiger partial charge in [0, 0.05) is 42.2 Å². The molecule has 0 unspecified atom stereocenters. The van der Waals surface area contributed by atoms with Gasteiger partial charge in [-0.1, -0.05) is 18.2 Å². The highest BCUT2D eigenvalue weighted by Gasteiger charge is 2.12. The number of nitrogens with zero attached hydrogens (tertiary/aromatic N) is 1. The van der Waals surface area contributed by atoms with Gasteiger partial charge in [-0.15, -0.1) is 0 Å². The number of hydrogen-bond donors (Lipinski definition) is 2. The number of ketones is 1. The van der Waals surface area contributed by atoms with Gasteiger partial charge in [-0.05, 0) is 13.0 Å². The Morgan fingerprint density at radius 2 is 1.91 bits per heavy atom. The van der Waals surface area contributed by atoms with E-state index in [-0.39, 0.29) is 31.1 Å². The first-order valence-electron chi connectivity index (χ1n) is 7.06. The molecule has 6 nitrogen and oxygen atoms in total. The third-order valence-corrected chi connectivity index (χ3v) is 3.41. The number of benzene rings is 1. The van der Waals surface area contributed by atoms with Crippen molar-refractivity contribution < 1.29 is 19.5 Å². The molecule has 1 heterocycles. The highest BCUT2D eigenvalue weighted by molar-refractivity contribution is 6.06.